The summed E-state index contributed by atoms with van der Waals surface area (Å²) in [5, 5.41) is 10.0. The third-order valence-corrected chi connectivity index (χ3v) is 3.05. The van der Waals surface area contributed by atoms with Gasteiger partial charge in [0.1, 0.15) is 18.1 Å². The fourth-order valence-corrected chi connectivity index (χ4v) is 1.90. The Hall–Kier alpha value is -1.61. The van der Waals surface area contributed by atoms with E-state index in [1.807, 2.05) is 0 Å². The van der Waals surface area contributed by atoms with Crippen molar-refractivity contribution in [2.45, 2.75) is 39.2 Å². The Labute approximate surface area is 107 Å². The predicted octanol–water partition coefficient (Wildman–Crippen LogP) is 3.38. The molecule has 0 aliphatic rings. The molecule has 1 N–H and O–H groups in total. The SMILES string of the molecule is Cc1nc(C(O)Cc2ccc(C(C)C)cc2)co1. The van der Waals surface area contributed by atoms with E-state index < -0.39 is 6.10 Å². The summed E-state index contributed by atoms with van der Waals surface area (Å²) in [6, 6.07) is 8.35. The quantitative estimate of drug-likeness (QED) is 0.898. The molecule has 18 heavy (non-hydrogen) atoms. The summed E-state index contributed by atoms with van der Waals surface area (Å²) in [7, 11) is 0. The first-order valence-corrected chi connectivity index (χ1v) is 6.25. The first-order chi connectivity index (χ1) is 8.56. The number of aromatic nitrogens is 1. The number of benzene rings is 1. The van der Waals surface area contributed by atoms with Gasteiger partial charge in [-0.3, -0.25) is 0 Å². The molecule has 3 nitrogen and oxygen atoms in total. The second-order valence-corrected chi connectivity index (χ2v) is 4.91. The van der Waals surface area contributed by atoms with E-state index in [4.69, 9.17) is 4.42 Å². The Morgan fingerprint density at radius 2 is 1.89 bits per heavy atom. The lowest BCUT2D eigenvalue weighted by molar-refractivity contribution is 0.173. The van der Waals surface area contributed by atoms with Crippen LogP contribution in [0, 0.1) is 6.92 Å². The highest BCUT2D eigenvalue weighted by molar-refractivity contribution is 5.25. The molecule has 2 rings (SSSR count). The molecule has 0 aliphatic carbocycles. The van der Waals surface area contributed by atoms with Gasteiger partial charge in [-0.15, -0.1) is 0 Å². The molecular formula is C15H19NO2. The van der Waals surface area contributed by atoms with E-state index in [-0.39, 0.29) is 0 Å². The minimum Gasteiger partial charge on any atom is -0.449 e. The maximum Gasteiger partial charge on any atom is 0.191 e. The maximum absolute atomic E-state index is 10.0. The van der Waals surface area contributed by atoms with Crippen LogP contribution in [0.2, 0.25) is 0 Å². The Bertz CT molecular complexity index is 499. The fraction of sp³-hybridized carbons (Fsp3) is 0.400. The van der Waals surface area contributed by atoms with E-state index in [1.165, 1.54) is 11.8 Å². The number of aryl methyl sites for hydroxylation is 1. The van der Waals surface area contributed by atoms with Crippen LogP contribution in [-0.2, 0) is 6.42 Å². The summed E-state index contributed by atoms with van der Waals surface area (Å²) in [4.78, 5) is 4.14. The summed E-state index contributed by atoms with van der Waals surface area (Å²) in [5.41, 5.74) is 3.01. The Kier molecular flexibility index (Phi) is 3.82. The molecule has 1 unspecified atom stereocenters. The standard InChI is InChI=1S/C15H19NO2/c1-10(2)13-6-4-12(5-7-13)8-15(17)14-9-18-11(3)16-14/h4-7,9-10,15,17H,8H2,1-3H3. The van der Waals surface area contributed by atoms with Crippen molar-refractivity contribution in [3.05, 3.63) is 53.2 Å². The number of hydrogen-bond acceptors (Lipinski definition) is 3. The van der Waals surface area contributed by atoms with Crippen LogP contribution in [-0.4, -0.2) is 10.1 Å². The summed E-state index contributed by atoms with van der Waals surface area (Å²) in [6.45, 7) is 6.11. The third-order valence-electron chi connectivity index (χ3n) is 3.05. The molecule has 0 amide bonds. The number of rotatable bonds is 4. The summed E-state index contributed by atoms with van der Waals surface area (Å²) in [6.07, 6.45) is 1.47. The van der Waals surface area contributed by atoms with Crippen molar-refractivity contribution >= 4 is 0 Å². The smallest absolute Gasteiger partial charge is 0.191 e. The Morgan fingerprint density at radius 1 is 1.22 bits per heavy atom. The van der Waals surface area contributed by atoms with Crippen molar-refractivity contribution in [2.75, 3.05) is 0 Å². The molecule has 96 valence electrons. The lowest BCUT2D eigenvalue weighted by atomic mass is 9.99. The summed E-state index contributed by atoms with van der Waals surface area (Å²) in [5.74, 6) is 1.11. The van der Waals surface area contributed by atoms with E-state index >= 15 is 0 Å². The van der Waals surface area contributed by atoms with Crippen molar-refractivity contribution in [1.29, 1.82) is 0 Å². The molecule has 0 spiro atoms. The number of oxazole rings is 1. The van der Waals surface area contributed by atoms with Crippen LogP contribution < -0.4 is 0 Å². The normalized spacial score (nSPS) is 12.9. The van der Waals surface area contributed by atoms with Crippen LogP contribution >= 0.6 is 0 Å². The average Bonchev–Trinajstić information content (AvgIpc) is 2.76. The first kappa shape index (κ1) is 12.8. The maximum atomic E-state index is 10.0. The Balaban J connectivity index is 2.05. The van der Waals surface area contributed by atoms with Crippen LogP contribution in [0.1, 0.15) is 48.6 Å². The van der Waals surface area contributed by atoms with Crippen LogP contribution in [0.25, 0.3) is 0 Å². The van der Waals surface area contributed by atoms with Gasteiger partial charge in [-0.1, -0.05) is 38.1 Å². The lowest BCUT2D eigenvalue weighted by Gasteiger charge is -2.09. The lowest BCUT2D eigenvalue weighted by Crippen LogP contribution is -2.02. The summed E-state index contributed by atoms with van der Waals surface area (Å²) < 4.78 is 5.10. The van der Waals surface area contributed by atoms with Crippen molar-refractivity contribution in [2.24, 2.45) is 0 Å². The highest BCUT2D eigenvalue weighted by Gasteiger charge is 2.12. The second-order valence-electron chi connectivity index (χ2n) is 4.91. The minimum atomic E-state index is -0.604. The number of hydrogen-bond donors (Lipinski definition) is 1. The van der Waals surface area contributed by atoms with Crippen molar-refractivity contribution in [3.63, 3.8) is 0 Å². The largest absolute Gasteiger partial charge is 0.449 e. The first-order valence-electron chi connectivity index (χ1n) is 6.25. The molecule has 0 saturated carbocycles. The van der Waals surface area contributed by atoms with Crippen LogP contribution in [0.5, 0.6) is 0 Å². The van der Waals surface area contributed by atoms with Gasteiger partial charge < -0.3 is 9.52 Å². The monoisotopic (exact) mass is 245 g/mol. The van der Waals surface area contributed by atoms with Crippen molar-refractivity contribution < 1.29 is 9.52 Å². The van der Waals surface area contributed by atoms with Crippen molar-refractivity contribution in [1.82, 2.24) is 4.98 Å². The van der Waals surface area contributed by atoms with Gasteiger partial charge in [-0.25, -0.2) is 4.98 Å². The fourth-order valence-electron chi connectivity index (χ4n) is 1.90. The molecule has 2 aromatic rings. The minimum absolute atomic E-state index is 0.530. The molecule has 0 bridgehead atoms. The molecular weight excluding hydrogens is 226 g/mol. The number of nitrogens with zero attached hydrogens (tertiary/aromatic N) is 1. The molecule has 1 aromatic heterocycles. The van der Waals surface area contributed by atoms with Gasteiger partial charge in [0, 0.05) is 13.3 Å². The van der Waals surface area contributed by atoms with Gasteiger partial charge in [0.2, 0.25) is 0 Å². The van der Waals surface area contributed by atoms with Crippen LogP contribution in [0.3, 0.4) is 0 Å². The Morgan fingerprint density at radius 3 is 2.39 bits per heavy atom. The van der Waals surface area contributed by atoms with Gasteiger partial charge in [0.25, 0.3) is 0 Å². The zero-order valence-electron chi connectivity index (χ0n) is 11.1. The summed E-state index contributed by atoms with van der Waals surface area (Å²) >= 11 is 0. The van der Waals surface area contributed by atoms with E-state index in [0.29, 0.717) is 23.9 Å². The van der Waals surface area contributed by atoms with Gasteiger partial charge >= 0.3 is 0 Å². The highest BCUT2D eigenvalue weighted by Crippen LogP contribution is 2.20. The molecule has 1 aromatic carbocycles. The predicted molar refractivity (Wildman–Crippen MR) is 70.4 cm³/mol. The van der Waals surface area contributed by atoms with Gasteiger partial charge in [0.05, 0.1) is 0 Å². The van der Waals surface area contributed by atoms with Gasteiger partial charge in [-0.05, 0) is 17.0 Å². The average molecular weight is 245 g/mol. The second kappa shape index (κ2) is 5.36. The molecule has 0 fully saturated rings. The van der Waals surface area contributed by atoms with E-state index in [0.717, 1.165) is 5.56 Å². The highest BCUT2D eigenvalue weighted by atomic mass is 16.3. The topological polar surface area (TPSA) is 46.3 Å². The molecule has 3 heteroatoms. The third kappa shape index (κ3) is 2.99. The van der Waals surface area contributed by atoms with Gasteiger partial charge in [0.15, 0.2) is 5.89 Å². The number of aliphatic hydroxyl groups excluding tert-OH is 1. The zero-order chi connectivity index (χ0) is 13.1. The molecule has 0 saturated heterocycles. The van der Waals surface area contributed by atoms with E-state index in [2.05, 4.69) is 43.1 Å². The molecule has 0 radical (unpaired) electrons. The van der Waals surface area contributed by atoms with Crippen LogP contribution in [0.15, 0.2) is 34.9 Å². The molecule has 0 aliphatic heterocycles. The molecule has 1 atom stereocenters. The van der Waals surface area contributed by atoms with Crippen molar-refractivity contribution in [3.8, 4) is 0 Å². The van der Waals surface area contributed by atoms with E-state index in [1.54, 1.807) is 6.92 Å². The number of aliphatic hydroxyl groups is 1. The van der Waals surface area contributed by atoms with Crippen LogP contribution in [0.4, 0.5) is 0 Å². The molecule has 1 heterocycles. The van der Waals surface area contributed by atoms with Gasteiger partial charge in [-0.2, -0.15) is 0 Å². The zero-order valence-corrected chi connectivity index (χ0v) is 11.1. The van der Waals surface area contributed by atoms with E-state index in [9.17, 15) is 5.11 Å².